The minimum Gasteiger partial charge on any atom is -0.424 e. The number of nitrogens with zero attached hydrogens (tertiary/aromatic N) is 5. The lowest BCUT2D eigenvalue weighted by molar-refractivity contribution is -0.120. The SMILES string of the molecule is NCCOCCOCCOCCOCCOCCOCCOCCOCCC(=O)CCc1ccc(Cn2nc(-c3ccc4oc(N)nc4c3)c3c(N)ncnc32)cc1. The second kappa shape index (κ2) is 25.7. The van der Waals surface area contributed by atoms with Gasteiger partial charge >= 0.3 is 0 Å². The van der Waals surface area contributed by atoms with Gasteiger partial charge in [-0.05, 0) is 35.7 Å². The van der Waals surface area contributed by atoms with E-state index in [1.165, 1.54) is 6.33 Å². The van der Waals surface area contributed by atoms with Crippen LogP contribution in [0.2, 0.25) is 0 Å². The summed E-state index contributed by atoms with van der Waals surface area (Å²) < 4.78 is 50.9. The van der Waals surface area contributed by atoms with Gasteiger partial charge in [0.2, 0.25) is 0 Å². The molecule has 6 N–H and O–H groups in total. The molecule has 18 heteroatoms. The molecule has 0 aliphatic rings. The Balaban J connectivity index is 0.846. The molecule has 0 unspecified atom stereocenters. The third-order valence-electron chi connectivity index (χ3n) is 8.68. The first-order valence-electron chi connectivity index (χ1n) is 19.6. The predicted octanol–water partition coefficient (Wildman–Crippen LogP) is 2.83. The second-order valence-corrected chi connectivity index (χ2v) is 13.0. The molecule has 0 aliphatic heterocycles. The van der Waals surface area contributed by atoms with Crippen molar-refractivity contribution >= 4 is 39.7 Å². The summed E-state index contributed by atoms with van der Waals surface area (Å²) in [5.74, 6) is 0.487. The lowest BCUT2D eigenvalue weighted by atomic mass is 10.0. The van der Waals surface area contributed by atoms with Crippen molar-refractivity contribution in [2.24, 2.45) is 5.73 Å². The summed E-state index contributed by atoms with van der Waals surface area (Å²) in [5.41, 5.74) is 22.7. The van der Waals surface area contributed by atoms with Crippen LogP contribution in [0, 0.1) is 0 Å². The first-order valence-corrected chi connectivity index (χ1v) is 19.6. The number of ketones is 1. The smallest absolute Gasteiger partial charge is 0.292 e. The summed E-state index contributed by atoms with van der Waals surface area (Å²) in [6, 6.07) is 13.8. The molecule has 3 aromatic heterocycles. The Hall–Kier alpha value is -4.63. The molecule has 0 atom stereocenters. The zero-order chi connectivity index (χ0) is 40.6. The number of Topliss-reactive ketones (excluding diaryl/α,β-unsaturated/α-hetero) is 1. The Morgan fingerprint density at radius 1 is 0.638 bits per heavy atom. The fraction of sp³-hybridized carbons (Fsp3) is 0.525. The first-order chi connectivity index (χ1) is 28.5. The number of oxazole rings is 1. The second-order valence-electron chi connectivity index (χ2n) is 13.0. The van der Waals surface area contributed by atoms with Crippen molar-refractivity contribution in [1.29, 1.82) is 0 Å². The number of ether oxygens (including phenoxy) is 8. The Kier molecular flexibility index (Phi) is 19.7. The van der Waals surface area contributed by atoms with Crippen molar-refractivity contribution in [2.75, 3.05) is 124 Å². The summed E-state index contributed by atoms with van der Waals surface area (Å²) in [5, 5.41) is 5.52. The molecular weight excluding hydrogens is 752 g/mol. The average Bonchev–Trinajstić information content (AvgIpc) is 3.80. The van der Waals surface area contributed by atoms with Gasteiger partial charge in [0.05, 0.1) is 118 Å². The molecule has 18 nitrogen and oxygen atoms in total. The molecular formula is C40H56N8O10. The Labute approximate surface area is 337 Å². The van der Waals surface area contributed by atoms with Crippen molar-refractivity contribution in [3.63, 3.8) is 0 Å². The predicted molar refractivity (Wildman–Crippen MR) is 216 cm³/mol. The van der Waals surface area contributed by atoms with Gasteiger partial charge in [-0.2, -0.15) is 10.1 Å². The van der Waals surface area contributed by atoms with Gasteiger partial charge in [0.25, 0.3) is 6.01 Å². The number of carbonyl (C=O) groups excluding carboxylic acids is 1. The largest absolute Gasteiger partial charge is 0.424 e. The van der Waals surface area contributed by atoms with Gasteiger partial charge in [-0.15, -0.1) is 0 Å². The van der Waals surface area contributed by atoms with Crippen LogP contribution in [-0.4, -0.2) is 143 Å². The highest BCUT2D eigenvalue weighted by Gasteiger charge is 2.18. The quantitative estimate of drug-likeness (QED) is 0.0530. The van der Waals surface area contributed by atoms with Gasteiger partial charge < -0.3 is 59.5 Å². The van der Waals surface area contributed by atoms with Gasteiger partial charge in [-0.1, -0.05) is 24.3 Å². The van der Waals surface area contributed by atoms with Gasteiger partial charge in [0.15, 0.2) is 11.2 Å². The van der Waals surface area contributed by atoms with E-state index in [2.05, 4.69) is 15.0 Å². The van der Waals surface area contributed by atoms with Crippen molar-refractivity contribution in [3.8, 4) is 11.3 Å². The maximum Gasteiger partial charge on any atom is 0.292 e. The van der Waals surface area contributed by atoms with E-state index in [1.807, 2.05) is 41.1 Å². The fourth-order valence-electron chi connectivity index (χ4n) is 5.74. The number of anilines is 2. The van der Waals surface area contributed by atoms with Gasteiger partial charge in [0.1, 0.15) is 29.1 Å². The number of carbonyl (C=O) groups is 1. The standard InChI is InChI=1S/C40H56N8O10/c41-10-12-51-14-16-53-18-20-55-22-24-57-26-25-56-23-21-54-19-17-52-15-13-50-11-9-33(49)7-5-30-1-3-31(4-2-30)28-48-39-36(38(42)44-29-45-39)37(47-48)32-6-8-35-34(27-32)46-40(43)58-35/h1-4,6,8,27,29H,5,7,9-26,28,41H2,(H2,43,46)(H2,42,44,45). The molecule has 0 amide bonds. The van der Waals surface area contributed by atoms with Gasteiger partial charge in [-0.3, -0.25) is 4.79 Å². The normalized spacial score (nSPS) is 11.7. The Morgan fingerprint density at radius 3 is 1.74 bits per heavy atom. The third kappa shape index (κ3) is 15.3. The molecule has 0 saturated carbocycles. The highest BCUT2D eigenvalue weighted by molar-refractivity contribution is 5.99. The van der Waals surface area contributed by atoms with Crippen LogP contribution >= 0.6 is 0 Å². The molecule has 58 heavy (non-hydrogen) atoms. The van der Waals surface area contributed by atoms with Crippen LogP contribution in [0.15, 0.2) is 53.2 Å². The van der Waals surface area contributed by atoms with Crippen LogP contribution < -0.4 is 17.2 Å². The highest BCUT2D eigenvalue weighted by Crippen LogP contribution is 2.32. The number of benzene rings is 2. The van der Waals surface area contributed by atoms with Crippen LogP contribution in [0.3, 0.4) is 0 Å². The molecule has 0 fully saturated rings. The lowest BCUT2D eigenvalue weighted by Gasteiger charge is -2.08. The molecule has 0 spiro atoms. The first kappa shape index (κ1) is 44.5. The molecule has 3 heterocycles. The molecule has 0 saturated heterocycles. The van der Waals surface area contributed by atoms with Crippen molar-refractivity contribution in [3.05, 3.63) is 59.9 Å². The topological polar surface area (TPSA) is 239 Å². The summed E-state index contributed by atoms with van der Waals surface area (Å²) in [4.78, 5) is 25.4. The van der Waals surface area contributed by atoms with E-state index in [1.54, 1.807) is 6.07 Å². The van der Waals surface area contributed by atoms with Crippen molar-refractivity contribution < 1.29 is 47.1 Å². The number of hydrogen-bond donors (Lipinski definition) is 3. The minimum atomic E-state index is 0.0972. The van der Waals surface area contributed by atoms with E-state index in [9.17, 15) is 4.79 Å². The minimum absolute atomic E-state index is 0.0972. The summed E-state index contributed by atoms with van der Waals surface area (Å²) >= 11 is 0. The highest BCUT2D eigenvalue weighted by atomic mass is 16.6. The summed E-state index contributed by atoms with van der Waals surface area (Å²) in [6.45, 7) is 8.70. The van der Waals surface area contributed by atoms with E-state index in [4.69, 9.17) is 64.6 Å². The zero-order valence-electron chi connectivity index (χ0n) is 33.0. The number of nitrogens with two attached hydrogens (primary N) is 3. The maximum absolute atomic E-state index is 12.5. The molecule has 0 radical (unpaired) electrons. The lowest BCUT2D eigenvalue weighted by Crippen LogP contribution is -2.15. The van der Waals surface area contributed by atoms with Crippen LogP contribution in [0.25, 0.3) is 33.4 Å². The van der Waals surface area contributed by atoms with Crippen LogP contribution in [0.5, 0.6) is 0 Å². The summed E-state index contributed by atoms with van der Waals surface area (Å²) in [7, 11) is 0. The number of fused-ring (bicyclic) bond motifs is 2. The van der Waals surface area contributed by atoms with Crippen LogP contribution in [-0.2, 0) is 55.7 Å². The Morgan fingerprint density at radius 2 is 1.17 bits per heavy atom. The molecule has 5 aromatic rings. The van der Waals surface area contributed by atoms with Gasteiger partial charge in [0, 0.05) is 24.9 Å². The average molecular weight is 809 g/mol. The van der Waals surface area contributed by atoms with E-state index >= 15 is 0 Å². The molecule has 2 aromatic carbocycles. The molecule has 0 aliphatic carbocycles. The van der Waals surface area contributed by atoms with E-state index in [-0.39, 0.29) is 11.8 Å². The van der Waals surface area contributed by atoms with Crippen molar-refractivity contribution in [2.45, 2.75) is 25.8 Å². The monoisotopic (exact) mass is 808 g/mol. The fourth-order valence-corrected chi connectivity index (χ4v) is 5.74. The number of rotatable bonds is 32. The number of nitrogen functional groups attached to an aromatic ring is 2. The van der Waals surface area contributed by atoms with E-state index in [0.29, 0.717) is 172 Å². The Bertz CT molecular complexity index is 1920. The van der Waals surface area contributed by atoms with Crippen LogP contribution in [0.1, 0.15) is 24.0 Å². The van der Waals surface area contributed by atoms with Gasteiger partial charge in [-0.25, -0.2) is 14.6 Å². The molecule has 316 valence electrons. The maximum atomic E-state index is 12.5. The number of aromatic nitrogens is 5. The summed E-state index contributed by atoms with van der Waals surface area (Å²) in [6.07, 6.45) is 2.88. The van der Waals surface area contributed by atoms with Crippen molar-refractivity contribution in [1.82, 2.24) is 24.7 Å². The molecule has 0 bridgehead atoms. The zero-order valence-corrected chi connectivity index (χ0v) is 33.0. The third-order valence-corrected chi connectivity index (χ3v) is 8.68. The van der Waals surface area contributed by atoms with Crippen LogP contribution in [0.4, 0.5) is 11.8 Å². The molecule has 5 rings (SSSR count). The number of hydrogen-bond acceptors (Lipinski definition) is 17. The van der Waals surface area contributed by atoms with E-state index in [0.717, 1.165) is 16.7 Å². The number of aryl methyl sites for hydroxylation is 1. The van der Waals surface area contributed by atoms with E-state index < -0.39 is 0 Å².